The van der Waals surface area contributed by atoms with Gasteiger partial charge in [0.05, 0.1) is 0 Å². The van der Waals surface area contributed by atoms with Gasteiger partial charge in [0, 0.05) is 0 Å². The van der Waals surface area contributed by atoms with Crippen LogP contribution in [0.1, 0.15) is 0 Å². The molecule has 0 heterocycles. The van der Waals surface area contributed by atoms with Crippen LogP contribution in [0.5, 0.6) is 0 Å². The smallest absolute Gasteiger partial charge is 0.668 e. The predicted molar refractivity (Wildman–Crippen MR) is 20.2 cm³/mol. The van der Waals surface area contributed by atoms with E-state index in [1.807, 2.05) is 0 Å². The van der Waals surface area contributed by atoms with Gasteiger partial charge in [-0.25, -0.2) is 0 Å². The average molecular weight is 265 g/mol. The molecule has 6 heavy (non-hydrogen) atoms. The van der Waals surface area contributed by atoms with E-state index in [4.69, 9.17) is 11.8 Å². The molecule has 0 aromatic rings. The van der Waals surface area contributed by atoms with Crippen molar-refractivity contribution in [3.05, 3.63) is 11.9 Å². The van der Waals surface area contributed by atoms with Crippen molar-refractivity contribution in [2.24, 2.45) is 0 Å². The number of rotatable bonds is 0. The molecule has 0 atom stereocenters. The van der Waals surface area contributed by atoms with Gasteiger partial charge >= 0.3 is 21.1 Å². The number of hydrogen-bond acceptors (Lipinski definition) is 1. The maximum absolute atomic E-state index is 6.25. The monoisotopic (exact) mass is 265 g/mol. The minimum Gasteiger partial charge on any atom is -0.668 e. The maximum atomic E-state index is 6.25. The Hall–Kier alpha value is 0.138. The average Bonchev–Trinajstić information content (AvgIpc) is 1.46. The van der Waals surface area contributed by atoms with Gasteiger partial charge in [-0.3, -0.25) is 0 Å². The first-order valence-corrected chi connectivity index (χ1v) is 1.12. The molecule has 0 saturated carbocycles. The van der Waals surface area contributed by atoms with Gasteiger partial charge in [-0.05, 0) is 0 Å². The third kappa shape index (κ3) is 2130. The predicted octanol–water partition coefficient (Wildman–Crippen LogP) is 0.714. The van der Waals surface area contributed by atoms with Gasteiger partial charge in [0.2, 0.25) is 0 Å². The fourth-order valence-electron chi connectivity index (χ4n) is 0. The van der Waals surface area contributed by atoms with Crippen LogP contribution >= 0.6 is 0 Å². The Bertz CT molecular complexity index is 20.0. The van der Waals surface area contributed by atoms with Crippen molar-refractivity contribution in [3.8, 4) is 0 Å². The molecule has 0 bridgehead atoms. The first-order valence-electron chi connectivity index (χ1n) is 1.12. The second kappa shape index (κ2) is 67.9. The summed E-state index contributed by atoms with van der Waals surface area (Å²) in [5.74, 6) is 0. The quantitative estimate of drug-likeness (QED) is 0.594. The molecule has 0 spiro atoms. The summed E-state index contributed by atoms with van der Waals surface area (Å²) >= 11 is 0. The molecule has 0 aliphatic rings. The van der Waals surface area contributed by atoms with Crippen molar-refractivity contribution in [2.75, 3.05) is 14.1 Å². The van der Waals surface area contributed by atoms with Crippen LogP contribution in [0.3, 0.4) is 0 Å². The van der Waals surface area contributed by atoms with Gasteiger partial charge in [-0.15, -0.1) is 0 Å². The Balaban J connectivity index is -0.0000000275. The van der Waals surface area contributed by atoms with Crippen LogP contribution in [0.25, 0.3) is 5.32 Å². The van der Waals surface area contributed by atoms with Crippen molar-refractivity contribution >= 4 is 0 Å². The molecule has 0 radical (unpaired) electrons. The molecule has 3 heteroatoms. The van der Waals surface area contributed by atoms with Gasteiger partial charge in [0.15, 0.2) is 0 Å². The molecule has 2 nitrogen and oxygen atoms in total. The Morgan fingerprint density at radius 2 is 1.33 bits per heavy atom. The molecule has 0 saturated heterocycles. The Morgan fingerprint density at radius 1 is 1.33 bits per heavy atom. The normalized spacial score (nSPS) is 3.33. The Morgan fingerprint density at radius 3 is 1.33 bits per heavy atom. The summed E-state index contributed by atoms with van der Waals surface area (Å²) in [7, 11) is 3.50. The fraction of sp³-hybridized carbons (Fsp3) is 0.667. The van der Waals surface area contributed by atoms with E-state index in [0.717, 1.165) is 0 Å². The number of nitrogens with zero attached hydrogens (tertiary/aromatic N) is 2. The first kappa shape index (κ1) is 16.5. The summed E-state index contributed by atoms with van der Waals surface area (Å²) < 4.78 is 0. The Kier molecular flexibility index (Phi) is 186. The summed E-state index contributed by atoms with van der Waals surface area (Å²) in [6.07, 6.45) is 0. The van der Waals surface area contributed by atoms with Crippen LogP contribution in [-0.4, -0.2) is 14.1 Å². The molecule has 0 aromatic carbocycles. The molecule has 38 valence electrons. The molecular formula is C3H6N2Pt. The van der Waals surface area contributed by atoms with Crippen molar-refractivity contribution in [2.45, 2.75) is 0 Å². The van der Waals surface area contributed by atoms with Crippen LogP contribution in [0, 0.1) is 11.8 Å². The molecule has 0 fully saturated rings. The van der Waals surface area contributed by atoms with Gasteiger partial charge < -0.3 is 17.2 Å². The summed E-state index contributed by atoms with van der Waals surface area (Å²) in [4.78, 5) is 0. The molecule has 0 rings (SSSR count). The topological polar surface area (TPSA) is 37.9 Å². The van der Waals surface area contributed by atoms with Crippen molar-refractivity contribution in [3.63, 3.8) is 0 Å². The molecule has 0 N–H and O–H groups in total. The van der Waals surface area contributed by atoms with E-state index in [2.05, 4.69) is 5.32 Å². The van der Waals surface area contributed by atoms with E-state index < -0.39 is 0 Å². The van der Waals surface area contributed by atoms with Crippen LogP contribution in [0.4, 0.5) is 0 Å². The zero-order chi connectivity index (χ0) is 4.71. The molecule has 0 amide bonds. The largest absolute Gasteiger partial charge is 2.00 e. The molecular weight excluding hydrogens is 259 g/mol. The molecule has 0 aliphatic carbocycles. The zero-order valence-corrected chi connectivity index (χ0v) is 5.98. The van der Waals surface area contributed by atoms with Crippen LogP contribution in [0.2, 0.25) is 0 Å². The minimum atomic E-state index is 0. The third-order valence-corrected chi connectivity index (χ3v) is 0. The van der Waals surface area contributed by atoms with Crippen LogP contribution < -0.4 is 0 Å². The fourth-order valence-corrected chi connectivity index (χ4v) is 0. The van der Waals surface area contributed by atoms with E-state index in [1.54, 1.807) is 14.1 Å². The van der Waals surface area contributed by atoms with Crippen molar-refractivity contribution < 1.29 is 21.1 Å². The zero-order valence-electron chi connectivity index (χ0n) is 3.71. The van der Waals surface area contributed by atoms with E-state index in [0.29, 0.717) is 0 Å². The molecule has 0 unspecified atom stereocenters. The summed E-state index contributed by atoms with van der Waals surface area (Å²) in [6.45, 7) is 4.75. The Labute approximate surface area is 52.8 Å². The maximum Gasteiger partial charge on any atom is 2.00 e. The SMILES string of the molecule is C[N-]C.[C-]#N.[Pt+2]. The van der Waals surface area contributed by atoms with E-state index in [-0.39, 0.29) is 21.1 Å². The van der Waals surface area contributed by atoms with Crippen molar-refractivity contribution in [1.29, 1.82) is 5.26 Å². The molecule has 0 aliphatic heterocycles. The van der Waals surface area contributed by atoms with Crippen LogP contribution in [0.15, 0.2) is 0 Å². The minimum absolute atomic E-state index is 0. The third-order valence-electron chi connectivity index (χ3n) is 0. The van der Waals surface area contributed by atoms with E-state index in [1.165, 1.54) is 0 Å². The van der Waals surface area contributed by atoms with E-state index >= 15 is 0 Å². The molecule has 0 aromatic heterocycles. The van der Waals surface area contributed by atoms with Gasteiger partial charge in [-0.2, -0.15) is 14.1 Å². The second-order valence-corrected chi connectivity index (χ2v) is 0.447. The van der Waals surface area contributed by atoms with Crippen LogP contribution in [-0.2, 0) is 21.1 Å². The van der Waals surface area contributed by atoms with Gasteiger partial charge in [0.1, 0.15) is 0 Å². The summed E-state index contributed by atoms with van der Waals surface area (Å²) in [5, 5.41) is 9.75. The van der Waals surface area contributed by atoms with Gasteiger partial charge in [0.25, 0.3) is 0 Å². The summed E-state index contributed by atoms with van der Waals surface area (Å²) in [6, 6.07) is 0. The second-order valence-electron chi connectivity index (χ2n) is 0.447. The van der Waals surface area contributed by atoms with Gasteiger partial charge in [-0.1, -0.05) is 0 Å². The number of hydrogen-bond donors (Lipinski definition) is 0. The first-order chi connectivity index (χ1) is 2.41. The standard InChI is InChI=1S/C2H6N.CN.Pt/c1-3-2;1-2;/h1-2H3;;/q2*-1;+2. The van der Waals surface area contributed by atoms with Crippen molar-refractivity contribution in [1.82, 2.24) is 0 Å². The summed E-state index contributed by atoms with van der Waals surface area (Å²) in [5.41, 5.74) is 0. The van der Waals surface area contributed by atoms with E-state index in [9.17, 15) is 0 Å².